The van der Waals surface area contributed by atoms with Gasteiger partial charge in [0, 0.05) is 24.1 Å². The van der Waals surface area contributed by atoms with Gasteiger partial charge < -0.3 is 9.30 Å². The van der Waals surface area contributed by atoms with Gasteiger partial charge in [0.15, 0.2) is 5.82 Å². The van der Waals surface area contributed by atoms with E-state index in [1.54, 1.807) is 26.0 Å². The van der Waals surface area contributed by atoms with Gasteiger partial charge in [-0.2, -0.15) is 5.10 Å². The average Bonchev–Trinajstić information content (AvgIpc) is 3.22. The summed E-state index contributed by atoms with van der Waals surface area (Å²) in [6.07, 6.45) is 6.59. The number of aryl methyl sites for hydroxylation is 1. The fraction of sp³-hybridized carbons (Fsp3) is 0.423. The molecule has 4 aromatic heterocycles. The molecule has 0 spiro atoms. The highest BCUT2D eigenvalue weighted by Gasteiger charge is 2.29. The molecule has 1 saturated carbocycles. The van der Waals surface area contributed by atoms with Crippen LogP contribution in [-0.2, 0) is 4.74 Å². The number of aromatic amines is 1. The number of hydrogen-bond acceptors (Lipinski definition) is 6. The zero-order valence-electron chi connectivity index (χ0n) is 20.4. The van der Waals surface area contributed by atoms with Gasteiger partial charge >= 0.3 is 5.97 Å². The van der Waals surface area contributed by atoms with Crippen molar-refractivity contribution < 1.29 is 9.53 Å². The molecule has 182 valence electrons. The molecule has 1 N–H and O–H groups in total. The maximum atomic E-state index is 13.5. The molecule has 0 radical (unpaired) electrons. The lowest BCUT2D eigenvalue weighted by molar-refractivity contribution is 0.0525. The number of hydrogen-bond donors (Lipinski definition) is 1. The molecule has 0 aromatic carbocycles. The van der Waals surface area contributed by atoms with Crippen molar-refractivity contribution in [2.24, 2.45) is 11.8 Å². The first-order chi connectivity index (χ1) is 16.8. The van der Waals surface area contributed by atoms with Gasteiger partial charge in [-0.1, -0.05) is 26.7 Å². The molecule has 35 heavy (non-hydrogen) atoms. The standard InChI is InChI=1S/C26H29N5O4/c1-5-35-26(34)22-16(4)28-29-23(22)31-12-10-20-18(25(31)33)13-17-19(27-20)9-11-30(24(17)32)21-8-6-7-14(2)15(21)3/h9-15,21H,5-8H2,1-4H3,(H,28,29)/t14-,15+,21+/m0/s1. The molecule has 9 nitrogen and oxygen atoms in total. The summed E-state index contributed by atoms with van der Waals surface area (Å²) in [6.45, 7) is 8.06. The molecule has 4 heterocycles. The minimum absolute atomic E-state index is 0.123. The van der Waals surface area contributed by atoms with Gasteiger partial charge in [-0.3, -0.25) is 19.3 Å². The molecular formula is C26H29N5O4. The zero-order chi connectivity index (χ0) is 24.9. The van der Waals surface area contributed by atoms with Crippen LogP contribution in [0.25, 0.3) is 27.6 Å². The first-order valence-corrected chi connectivity index (χ1v) is 12.1. The molecule has 1 aliphatic carbocycles. The summed E-state index contributed by atoms with van der Waals surface area (Å²) >= 11 is 0. The first kappa shape index (κ1) is 23.0. The largest absolute Gasteiger partial charge is 0.462 e. The Morgan fingerprint density at radius 1 is 1.11 bits per heavy atom. The van der Waals surface area contributed by atoms with Gasteiger partial charge in [-0.25, -0.2) is 9.78 Å². The van der Waals surface area contributed by atoms with Crippen LogP contribution in [0.3, 0.4) is 0 Å². The molecule has 1 aliphatic rings. The highest BCUT2D eigenvalue weighted by molar-refractivity contribution is 5.95. The number of pyridine rings is 3. The number of nitrogens with one attached hydrogen (secondary N) is 1. The van der Waals surface area contributed by atoms with Crippen molar-refractivity contribution in [3.63, 3.8) is 0 Å². The Kier molecular flexibility index (Phi) is 5.78. The van der Waals surface area contributed by atoms with E-state index in [0.29, 0.717) is 33.9 Å². The van der Waals surface area contributed by atoms with E-state index in [2.05, 4.69) is 29.0 Å². The van der Waals surface area contributed by atoms with Crippen molar-refractivity contribution in [1.29, 1.82) is 0 Å². The Balaban J connectivity index is 1.68. The lowest BCUT2D eigenvalue weighted by Gasteiger charge is -2.35. The predicted molar refractivity (Wildman–Crippen MR) is 133 cm³/mol. The van der Waals surface area contributed by atoms with E-state index >= 15 is 0 Å². The highest BCUT2D eigenvalue weighted by Crippen LogP contribution is 2.37. The zero-order valence-corrected chi connectivity index (χ0v) is 20.4. The number of rotatable bonds is 4. The molecule has 0 saturated heterocycles. The monoisotopic (exact) mass is 475 g/mol. The maximum absolute atomic E-state index is 13.5. The lowest BCUT2D eigenvalue weighted by Crippen LogP contribution is -2.33. The number of carbonyl (C=O) groups excluding carboxylic acids is 1. The predicted octanol–water partition coefficient (Wildman–Crippen LogP) is 3.91. The van der Waals surface area contributed by atoms with Crippen LogP contribution in [0.5, 0.6) is 0 Å². The SMILES string of the molecule is CCOC(=O)c1c(-n2ccc3nc4ccn([C@@H]5CCC[C@H](C)[C@H]5C)c(=O)c4cc3c2=O)n[nH]c1C. The number of nitrogens with zero attached hydrogens (tertiary/aromatic N) is 4. The van der Waals surface area contributed by atoms with E-state index in [1.807, 2.05) is 16.8 Å². The van der Waals surface area contributed by atoms with Gasteiger partial charge in [-0.15, -0.1) is 0 Å². The van der Waals surface area contributed by atoms with Crippen LogP contribution < -0.4 is 11.1 Å². The van der Waals surface area contributed by atoms with E-state index < -0.39 is 11.5 Å². The topological polar surface area (TPSA) is 112 Å². The van der Waals surface area contributed by atoms with Crippen LogP contribution in [0.1, 0.15) is 62.1 Å². The van der Waals surface area contributed by atoms with E-state index in [-0.39, 0.29) is 35.0 Å². The van der Waals surface area contributed by atoms with Crippen molar-refractivity contribution in [2.75, 3.05) is 6.61 Å². The number of carbonyl (C=O) groups is 1. The summed E-state index contributed by atoms with van der Waals surface area (Å²) in [6, 6.07) is 5.28. The second-order valence-electron chi connectivity index (χ2n) is 9.48. The summed E-state index contributed by atoms with van der Waals surface area (Å²) < 4.78 is 8.25. The van der Waals surface area contributed by atoms with Gasteiger partial charge in [0.05, 0.1) is 28.4 Å². The Hall–Kier alpha value is -3.75. The highest BCUT2D eigenvalue weighted by atomic mass is 16.5. The molecule has 4 aromatic rings. The van der Waals surface area contributed by atoms with Crippen LogP contribution in [0, 0.1) is 18.8 Å². The normalized spacial score (nSPS) is 20.4. The Labute approximate surface area is 201 Å². The van der Waals surface area contributed by atoms with Gasteiger partial charge in [0.2, 0.25) is 0 Å². The molecule has 9 heteroatoms. The fourth-order valence-electron chi connectivity index (χ4n) is 5.25. The summed E-state index contributed by atoms with van der Waals surface area (Å²) in [7, 11) is 0. The number of fused-ring (bicyclic) bond motifs is 2. The summed E-state index contributed by atoms with van der Waals surface area (Å²) in [5.41, 5.74) is 1.17. The van der Waals surface area contributed by atoms with Crippen LogP contribution in [-0.4, -0.2) is 36.9 Å². The first-order valence-electron chi connectivity index (χ1n) is 12.1. The number of esters is 1. The number of aromatic nitrogens is 5. The van der Waals surface area contributed by atoms with Crippen molar-refractivity contribution in [2.45, 2.75) is 53.0 Å². The van der Waals surface area contributed by atoms with Crippen LogP contribution in [0.4, 0.5) is 0 Å². The molecule has 1 fully saturated rings. The third-order valence-electron chi connectivity index (χ3n) is 7.43. The van der Waals surface area contributed by atoms with E-state index in [9.17, 15) is 14.4 Å². The summed E-state index contributed by atoms with van der Waals surface area (Å²) in [5, 5.41) is 7.63. The second-order valence-corrected chi connectivity index (χ2v) is 9.48. The quantitative estimate of drug-likeness (QED) is 0.354. The van der Waals surface area contributed by atoms with Crippen LogP contribution in [0.2, 0.25) is 0 Å². The summed E-state index contributed by atoms with van der Waals surface area (Å²) in [5.74, 6) is 0.525. The van der Waals surface area contributed by atoms with Crippen LogP contribution >= 0.6 is 0 Å². The van der Waals surface area contributed by atoms with Crippen molar-refractivity contribution in [3.05, 3.63) is 62.6 Å². The van der Waals surface area contributed by atoms with Crippen molar-refractivity contribution in [1.82, 2.24) is 24.3 Å². The van der Waals surface area contributed by atoms with E-state index in [0.717, 1.165) is 12.8 Å². The van der Waals surface area contributed by atoms with Gasteiger partial charge in [0.1, 0.15) is 5.56 Å². The Morgan fingerprint density at radius 3 is 2.57 bits per heavy atom. The lowest BCUT2D eigenvalue weighted by atomic mass is 9.78. The molecule has 0 bridgehead atoms. The van der Waals surface area contributed by atoms with Crippen LogP contribution in [0.15, 0.2) is 40.2 Å². The van der Waals surface area contributed by atoms with Gasteiger partial charge in [-0.05, 0) is 50.3 Å². The van der Waals surface area contributed by atoms with Gasteiger partial charge in [0.25, 0.3) is 11.1 Å². The fourth-order valence-corrected chi connectivity index (χ4v) is 5.25. The number of H-pyrrole nitrogens is 1. The van der Waals surface area contributed by atoms with Crippen molar-refractivity contribution in [3.8, 4) is 5.82 Å². The van der Waals surface area contributed by atoms with E-state index in [1.165, 1.54) is 17.2 Å². The second kappa shape index (κ2) is 8.79. The Bertz CT molecular complexity index is 1560. The molecule has 5 rings (SSSR count). The average molecular weight is 476 g/mol. The Morgan fingerprint density at radius 2 is 1.83 bits per heavy atom. The number of ether oxygens (including phenoxy) is 1. The molecule has 0 aliphatic heterocycles. The molecular weight excluding hydrogens is 446 g/mol. The molecule has 3 atom stereocenters. The smallest absolute Gasteiger partial charge is 0.343 e. The molecule has 0 amide bonds. The minimum atomic E-state index is -0.559. The van der Waals surface area contributed by atoms with E-state index in [4.69, 9.17) is 4.74 Å². The molecule has 0 unspecified atom stereocenters. The maximum Gasteiger partial charge on any atom is 0.343 e. The minimum Gasteiger partial charge on any atom is -0.462 e. The third-order valence-corrected chi connectivity index (χ3v) is 7.43. The van der Waals surface area contributed by atoms with Crippen molar-refractivity contribution >= 4 is 27.8 Å². The summed E-state index contributed by atoms with van der Waals surface area (Å²) in [4.78, 5) is 44.2. The third kappa shape index (κ3) is 3.75.